The fourth-order valence-corrected chi connectivity index (χ4v) is 3.28. The minimum Gasteiger partial charge on any atom is -0.456 e. The smallest absolute Gasteiger partial charge is 0.354 e. The van der Waals surface area contributed by atoms with Gasteiger partial charge in [0.05, 0.1) is 0 Å². The molecule has 1 radical (unpaired) electrons. The van der Waals surface area contributed by atoms with Crippen LogP contribution in [0.1, 0.15) is 33.4 Å². The molecular weight excluding hydrogens is 360 g/mol. The Balaban J connectivity index is 2.37. The van der Waals surface area contributed by atoms with Gasteiger partial charge in [0.2, 0.25) is 5.95 Å². The molecule has 0 aliphatic carbocycles. The Hall–Kier alpha value is -2.27. The summed E-state index contributed by atoms with van der Waals surface area (Å²) in [5.41, 5.74) is -0.605. The van der Waals surface area contributed by atoms with Gasteiger partial charge in [0.15, 0.2) is 27.4 Å². The number of hydrogen-bond acceptors (Lipinski definition) is 9. The van der Waals surface area contributed by atoms with Gasteiger partial charge in [0.25, 0.3) is 0 Å². The van der Waals surface area contributed by atoms with Crippen molar-refractivity contribution in [3.63, 3.8) is 0 Å². The van der Waals surface area contributed by atoms with Crippen LogP contribution in [0.5, 0.6) is 0 Å². The van der Waals surface area contributed by atoms with E-state index in [0.29, 0.717) is 6.42 Å². The molecule has 0 aromatic carbocycles. The van der Waals surface area contributed by atoms with Crippen LogP contribution in [-0.2, 0) is 23.8 Å². The molecule has 143 valence electrons. The SMILES string of the molecule is CC[C@H]1O[C@@H](n2cnc(N[Si](C)C)nc2=O)C(OC(C)=O)[C@H]1OC(C)=O. The lowest BCUT2D eigenvalue weighted by Crippen LogP contribution is -2.41. The van der Waals surface area contributed by atoms with Crippen molar-refractivity contribution in [1.82, 2.24) is 14.5 Å². The van der Waals surface area contributed by atoms with Crippen molar-refractivity contribution in [3.05, 3.63) is 16.8 Å². The van der Waals surface area contributed by atoms with Crippen LogP contribution in [0.15, 0.2) is 11.1 Å². The van der Waals surface area contributed by atoms with Gasteiger partial charge in [-0.15, -0.1) is 0 Å². The van der Waals surface area contributed by atoms with E-state index in [1.54, 1.807) is 0 Å². The zero-order valence-corrected chi connectivity index (χ0v) is 16.4. The minimum absolute atomic E-state index is 0.232. The maximum absolute atomic E-state index is 12.4. The van der Waals surface area contributed by atoms with Crippen molar-refractivity contribution in [2.45, 2.75) is 64.8 Å². The van der Waals surface area contributed by atoms with Gasteiger partial charge in [0, 0.05) is 13.8 Å². The number of hydrogen-bond donors (Lipinski definition) is 1. The third-order valence-electron chi connectivity index (χ3n) is 3.65. The van der Waals surface area contributed by atoms with Gasteiger partial charge >= 0.3 is 17.6 Å². The van der Waals surface area contributed by atoms with Crippen LogP contribution in [0.4, 0.5) is 5.95 Å². The number of carbonyl (C=O) groups excluding carboxylic acids is 2. The Morgan fingerprint density at radius 1 is 1.27 bits per heavy atom. The Kier molecular flexibility index (Phi) is 6.48. The van der Waals surface area contributed by atoms with Gasteiger partial charge in [-0.3, -0.25) is 14.2 Å². The van der Waals surface area contributed by atoms with Gasteiger partial charge in [-0.05, 0) is 6.42 Å². The van der Waals surface area contributed by atoms with Crippen molar-refractivity contribution >= 4 is 26.8 Å². The molecule has 1 N–H and O–H groups in total. The standard InChI is InChI=1S/C15H23N4O6Si/c1-6-10-11(23-8(2)20)12(24-9(3)21)13(25-10)19-7-16-14(17-15(19)22)18-26(4)5/h7,10-13H,6H2,1-5H3,(H,17,18,22)/t10-,11+,12?,13-/m1/s1. The molecule has 2 heterocycles. The van der Waals surface area contributed by atoms with Gasteiger partial charge in [0.1, 0.15) is 12.4 Å². The average molecular weight is 383 g/mol. The van der Waals surface area contributed by atoms with E-state index in [0.717, 1.165) is 4.57 Å². The van der Waals surface area contributed by atoms with Crippen LogP contribution >= 0.6 is 0 Å². The van der Waals surface area contributed by atoms with Gasteiger partial charge < -0.3 is 19.2 Å². The highest BCUT2D eigenvalue weighted by Gasteiger charge is 2.49. The highest BCUT2D eigenvalue weighted by Crippen LogP contribution is 2.34. The monoisotopic (exact) mass is 383 g/mol. The van der Waals surface area contributed by atoms with E-state index in [1.165, 1.54) is 20.2 Å². The number of anilines is 1. The Labute approximate surface area is 152 Å². The summed E-state index contributed by atoms with van der Waals surface area (Å²) in [5, 5.41) is 0. The second-order valence-corrected chi connectivity index (χ2v) is 8.37. The fraction of sp³-hybridized carbons (Fsp3) is 0.667. The van der Waals surface area contributed by atoms with Crippen LogP contribution in [0.2, 0.25) is 13.1 Å². The first-order valence-electron chi connectivity index (χ1n) is 8.25. The molecule has 1 aromatic heterocycles. The Bertz CT molecular complexity index is 724. The normalized spacial score (nSPS) is 25.2. The van der Waals surface area contributed by atoms with E-state index in [-0.39, 0.29) is 5.95 Å². The third kappa shape index (κ3) is 4.67. The second-order valence-electron chi connectivity index (χ2n) is 6.12. The molecule has 0 bridgehead atoms. The molecule has 1 saturated heterocycles. The molecule has 2 rings (SSSR count). The molecule has 10 nitrogen and oxygen atoms in total. The predicted molar refractivity (Wildman–Crippen MR) is 92.7 cm³/mol. The average Bonchev–Trinajstić information content (AvgIpc) is 2.83. The molecule has 4 atom stereocenters. The Morgan fingerprint density at radius 3 is 2.38 bits per heavy atom. The van der Waals surface area contributed by atoms with E-state index >= 15 is 0 Å². The number of carbonyl (C=O) groups is 2. The van der Waals surface area contributed by atoms with Crippen molar-refractivity contribution in [2.75, 3.05) is 4.98 Å². The molecule has 11 heteroatoms. The maximum Gasteiger partial charge on any atom is 0.354 e. The number of nitrogens with zero attached hydrogens (tertiary/aromatic N) is 3. The van der Waals surface area contributed by atoms with Crippen molar-refractivity contribution in [1.29, 1.82) is 0 Å². The van der Waals surface area contributed by atoms with Crippen LogP contribution in [-0.4, -0.2) is 53.7 Å². The number of aromatic nitrogens is 3. The molecule has 1 aliphatic heterocycles. The summed E-state index contributed by atoms with van der Waals surface area (Å²) in [6, 6.07) is 0. The van der Waals surface area contributed by atoms with E-state index in [9.17, 15) is 14.4 Å². The minimum atomic E-state index is -0.984. The number of nitrogens with one attached hydrogen (secondary N) is 1. The van der Waals surface area contributed by atoms with Crippen LogP contribution in [0, 0.1) is 0 Å². The summed E-state index contributed by atoms with van der Waals surface area (Å²) < 4.78 is 17.6. The van der Waals surface area contributed by atoms with E-state index in [1.807, 2.05) is 20.0 Å². The summed E-state index contributed by atoms with van der Waals surface area (Å²) in [5.74, 6) is -0.872. The molecule has 26 heavy (non-hydrogen) atoms. The maximum atomic E-state index is 12.4. The lowest BCUT2D eigenvalue weighted by Gasteiger charge is -2.23. The number of esters is 2. The van der Waals surface area contributed by atoms with E-state index in [4.69, 9.17) is 14.2 Å². The van der Waals surface area contributed by atoms with Crippen molar-refractivity contribution in [2.24, 2.45) is 0 Å². The molecule has 0 spiro atoms. The van der Waals surface area contributed by atoms with Gasteiger partial charge in [-0.1, -0.05) is 20.0 Å². The summed E-state index contributed by atoms with van der Waals surface area (Å²) >= 11 is 0. The highest BCUT2D eigenvalue weighted by molar-refractivity contribution is 6.59. The number of rotatable bonds is 6. The first kappa shape index (κ1) is 20.0. The van der Waals surface area contributed by atoms with Crippen LogP contribution in [0.25, 0.3) is 0 Å². The second kappa shape index (κ2) is 8.41. The number of ether oxygens (including phenoxy) is 3. The van der Waals surface area contributed by atoms with E-state index in [2.05, 4.69) is 15.0 Å². The highest BCUT2D eigenvalue weighted by atomic mass is 28.3. The van der Waals surface area contributed by atoms with Crippen LogP contribution in [0.3, 0.4) is 0 Å². The lowest BCUT2D eigenvalue weighted by atomic mass is 10.1. The molecule has 1 unspecified atom stereocenters. The summed E-state index contributed by atoms with van der Waals surface area (Å²) in [7, 11) is -0.877. The topological polar surface area (TPSA) is 122 Å². The summed E-state index contributed by atoms with van der Waals surface area (Å²) in [6.45, 7) is 8.32. The Morgan fingerprint density at radius 2 is 1.88 bits per heavy atom. The van der Waals surface area contributed by atoms with Crippen LogP contribution < -0.4 is 10.7 Å². The van der Waals surface area contributed by atoms with E-state index < -0.39 is 51.1 Å². The molecule has 1 fully saturated rings. The van der Waals surface area contributed by atoms with Crippen molar-refractivity contribution in [3.8, 4) is 0 Å². The van der Waals surface area contributed by atoms with Gasteiger partial charge in [-0.2, -0.15) is 4.98 Å². The molecule has 0 amide bonds. The predicted octanol–water partition coefficient (Wildman–Crippen LogP) is 0.472. The van der Waals surface area contributed by atoms with Gasteiger partial charge in [-0.25, -0.2) is 9.78 Å². The third-order valence-corrected chi connectivity index (χ3v) is 4.38. The largest absolute Gasteiger partial charge is 0.456 e. The molecular formula is C15H23N4O6Si. The molecule has 1 aliphatic rings. The first-order chi connectivity index (χ1) is 12.2. The summed E-state index contributed by atoms with van der Waals surface area (Å²) in [6.07, 6.45) is -1.52. The molecule has 1 aromatic rings. The fourth-order valence-electron chi connectivity index (χ4n) is 2.71. The zero-order chi connectivity index (χ0) is 19.4. The lowest BCUT2D eigenvalue weighted by molar-refractivity contribution is -0.165. The summed E-state index contributed by atoms with van der Waals surface area (Å²) in [4.78, 5) is 46.4. The zero-order valence-electron chi connectivity index (χ0n) is 15.4. The first-order valence-corrected chi connectivity index (χ1v) is 10.7. The quantitative estimate of drug-likeness (QED) is 0.552. The van der Waals surface area contributed by atoms with Crippen molar-refractivity contribution < 1.29 is 23.8 Å². The molecule has 0 saturated carbocycles.